The SMILES string of the molecule is COC(=O)/C(Br)=C/c1ccc2c(c1)OCO2. The average Bonchev–Trinajstić information content (AvgIpc) is 2.75. The van der Waals surface area contributed by atoms with Crippen LogP contribution in [0.2, 0.25) is 0 Å². The van der Waals surface area contributed by atoms with E-state index in [-0.39, 0.29) is 6.79 Å². The smallest absolute Gasteiger partial charge is 0.344 e. The summed E-state index contributed by atoms with van der Waals surface area (Å²) in [6.45, 7) is 0.237. The van der Waals surface area contributed by atoms with Crippen LogP contribution in [0.3, 0.4) is 0 Å². The van der Waals surface area contributed by atoms with Gasteiger partial charge in [0.25, 0.3) is 0 Å². The van der Waals surface area contributed by atoms with Crippen molar-refractivity contribution in [2.24, 2.45) is 0 Å². The lowest BCUT2D eigenvalue weighted by molar-refractivity contribution is -0.135. The molecule has 0 amide bonds. The Morgan fingerprint density at radius 3 is 2.94 bits per heavy atom. The predicted octanol–water partition coefficient (Wildman–Crippen LogP) is 2.32. The van der Waals surface area contributed by atoms with E-state index in [4.69, 9.17) is 9.47 Å². The fourth-order valence-electron chi connectivity index (χ4n) is 1.31. The van der Waals surface area contributed by atoms with E-state index in [0.29, 0.717) is 16.0 Å². The fraction of sp³-hybridized carbons (Fsp3) is 0.182. The molecule has 0 spiro atoms. The molecule has 4 nitrogen and oxygen atoms in total. The van der Waals surface area contributed by atoms with E-state index in [0.717, 1.165) is 5.56 Å². The van der Waals surface area contributed by atoms with Crippen molar-refractivity contribution < 1.29 is 19.0 Å². The van der Waals surface area contributed by atoms with Gasteiger partial charge in [0.15, 0.2) is 11.5 Å². The van der Waals surface area contributed by atoms with E-state index >= 15 is 0 Å². The van der Waals surface area contributed by atoms with Gasteiger partial charge in [-0.05, 0) is 39.7 Å². The number of esters is 1. The highest BCUT2D eigenvalue weighted by Crippen LogP contribution is 2.33. The van der Waals surface area contributed by atoms with Crippen LogP contribution < -0.4 is 9.47 Å². The van der Waals surface area contributed by atoms with Crippen molar-refractivity contribution in [1.82, 2.24) is 0 Å². The van der Waals surface area contributed by atoms with Crippen molar-refractivity contribution in [2.75, 3.05) is 13.9 Å². The third-order valence-electron chi connectivity index (χ3n) is 2.07. The Morgan fingerprint density at radius 1 is 1.44 bits per heavy atom. The summed E-state index contributed by atoms with van der Waals surface area (Å²) in [6, 6.07) is 5.43. The van der Waals surface area contributed by atoms with Gasteiger partial charge in [-0.2, -0.15) is 0 Å². The zero-order valence-electron chi connectivity index (χ0n) is 8.53. The Hall–Kier alpha value is -1.49. The van der Waals surface area contributed by atoms with Crippen LogP contribution in [0.5, 0.6) is 11.5 Å². The Morgan fingerprint density at radius 2 is 2.19 bits per heavy atom. The lowest BCUT2D eigenvalue weighted by Gasteiger charge is -1.99. The molecule has 1 aliphatic rings. The molecule has 0 aromatic heterocycles. The molecule has 1 heterocycles. The molecule has 0 bridgehead atoms. The second-order valence-electron chi connectivity index (χ2n) is 3.10. The van der Waals surface area contributed by atoms with Gasteiger partial charge in [0.05, 0.1) is 7.11 Å². The number of rotatable bonds is 2. The molecule has 0 saturated heterocycles. The fourth-order valence-corrected chi connectivity index (χ4v) is 1.73. The number of hydrogen-bond donors (Lipinski definition) is 0. The van der Waals surface area contributed by atoms with Gasteiger partial charge in [0.2, 0.25) is 6.79 Å². The number of halogens is 1. The van der Waals surface area contributed by atoms with Crippen LogP contribution in [-0.2, 0) is 9.53 Å². The zero-order chi connectivity index (χ0) is 11.5. The standard InChI is InChI=1S/C11H9BrO4/c1-14-11(13)8(12)4-7-2-3-9-10(5-7)16-6-15-9/h2-5H,6H2,1H3/b8-4-. The third kappa shape index (κ3) is 2.19. The number of carbonyl (C=O) groups excluding carboxylic acids is 1. The number of ether oxygens (including phenoxy) is 3. The molecule has 0 unspecified atom stereocenters. The van der Waals surface area contributed by atoms with Crippen molar-refractivity contribution >= 4 is 28.0 Å². The molecule has 0 fully saturated rings. The molecule has 5 heteroatoms. The number of hydrogen-bond acceptors (Lipinski definition) is 4. The minimum absolute atomic E-state index is 0.237. The van der Waals surface area contributed by atoms with E-state index in [1.807, 2.05) is 6.07 Å². The van der Waals surface area contributed by atoms with E-state index in [1.165, 1.54) is 7.11 Å². The molecule has 1 aromatic carbocycles. The summed E-state index contributed by atoms with van der Waals surface area (Å²) in [6.07, 6.45) is 1.66. The second kappa shape index (κ2) is 4.57. The number of fused-ring (bicyclic) bond motifs is 1. The molecule has 0 N–H and O–H groups in total. The summed E-state index contributed by atoms with van der Waals surface area (Å²) in [5.41, 5.74) is 0.835. The Balaban J connectivity index is 2.25. The summed E-state index contributed by atoms with van der Waals surface area (Å²) >= 11 is 3.14. The summed E-state index contributed by atoms with van der Waals surface area (Å²) in [7, 11) is 1.33. The lowest BCUT2D eigenvalue weighted by atomic mass is 10.2. The van der Waals surface area contributed by atoms with Crippen molar-refractivity contribution in [3.8, 4) is 11.5 Å². The largest absolute Gasteiger partial charge is 0.465 e. The average molecular weight is 285 g/mol. The van der Waals surface area contributed by atoms with Gasteiger partial charge >= 0.3 is 5.97 Å². The van der Waals surface area contributed by atoms with Gasteiger partial charge in [0, 0.05) is 0 Å². The molecular weight excluding hydrogens is 276 g/mol. The minimum atomic E-state index is -0.419. The molecule has 84 valence electrons. The topological polar surface area (TPSA) is 44.8 Å². The number of methoxy groups -OCH3 is 1. The summed E-state index contributed by atoms with van der Waals surface area (Å²) < 4.78 is 15.3. The van der Waals surface area contributed by atoms with Gasteiger partial charge in [0.1, 0.15) is 4.48 Å². The van der Waals surface area contributed by atoms with Crippen molar-refractivity contribution in [1.29, 1.82) is 0 Å². The van der Waals surface area contributed by atoms with Crippen LogP contribution in [0.4, 0.5) is 0 Å². The van der Waals surface area contributed by atoms with E-state index in [1.54, 1.807) is 18.2 Å². The summed E-state index contributed by atoms with van der Waals surface area (Å²) in [4.78, 5) is 11.2. The highest BCUT2D eigenvalue weighted by atomic mass is 79.9. The van der Waals surface area contributed by atoms with Gasteiger partial charge in [-0.1, -0.05) is 6.07 Å². The second-order valence-corrected chi connectivity index (χ2v) is 3.95. The molecule has 0 radical (unpaired) electrons. The van der Waals surface area contributed by atoms with Crippen LogP contribution in [0.1, 0.15) is 5.56 Å². The molecule has 1 aliphatic heterocycles. The number of benzene rings is 1. The van der Waals surface area contributed by atoms with E-state index in [9.17, 15) is 4.79 Å². The molecule has 0 saturated carbocycles. The van der Waals surface area contributed by atoms with Crippen LogP contribution in [0.15, 0.2) is 22.7 Å². The first-order chi connectivity index (χ1) is 7.70. The Bertz CT molecular complexity index is 453. The van der Waals surface area contributed by atoms with E-state index in [2.05, 4.69) is 20.7 Å². The minimum Gasteiger partial charge on any atom is -0.465 e. The van der Waals surface area contributed by atoms with Crippen LogP contribution >= 0.6 is 15.9 Å². The lowest BCUT2D eigenvalue weighted by Crippen LogP contribution is -1.98. The summed E-state index contributed by atoms with van der Waals surface area (Å²) in [5.74, 6) is 0.975. The van der Waals surface area contributed by atoms with Crippen molar-refractivity contribution in [3.63, 3.8) is 0 Å². The Kier molecular flexibility index (Phi) is 3.14. The summed E-state index contributed by atoms with van der Waals surface area (Å²) in [5, 5.41) is 0. The maximum atomic E-state index is 11.2. The van der Waals surface area contributed by atoms with E-state index < -0.39 is 5.97 Å². The molecule has 16 heavy (non-hydrogen) atoms. The quantitative estimate of drug-likeness (QED) is 0.618. The highest BCUT2D eigenvalue weighted by Gasteiger charge is 2.13. The highest BCUT2D eigenvalue weighted by molar-refractivity contribution is 9.12. The third-order valence-corrected chi connectivity index (χ3v) is 2.62. The van der Waals surface area contributed by atoms with Gasteiger partial charge in [-0.3, -0.25) is 0 Å². The van der Waals surface area contributed by atoms with Crippen LogP contribution in [0.25, 0.3) is 6.08 Å². The monoisotopic (exact) mass is 284 g/mol. The Labute approximate surface area is 101 Å². The maximum Gasteiger partial charge on any atom is 0.344 e. The zero-order valence-corrected chi connectivity index (χ0v) is 10.1. The number of carbonyl (C=O) groups is 1. The van der Waals surface area contributed by atoms with Crippen molar-refractivity contribution in [2.45, 2.75) is 0 Å². The van der Waals surface area contributed by atoms with Crippen molar-refractivity contribution in [3.05, 3.63) is 28.2 Å². The maximum absolute atomic E-state index is 11.2. The van der Waals surface area contributed by atoms with Gasteiger partial charge in [-0.15, -0.1) is 0 Å². The molecule has 1 aromatic rings. The molecular formula is C11H9BrO4. The first-order valence-corrected chi connectivity index (χ1v) is 5.35. The van der Waals surface area contributed by atoms with Crippen LogP contribution in [0, 0.1) is 0 Å². The normalized spacial score (nSPS) is 13.8. The molecule has 0 atom stereocenters. The van der Waals surface area contributed by atoms with Gasteiger partial charge in [-0.25, -0.2) is 4.79 Å². The molecule has 2 rings (SSSR count). The predicted molar refractivity (Wildman–Crippen MR) is 61.5 cm³/mol. The first kappa shape index (κ1) is 11.0. The molecule has 0 aliphatic carbocycles. The first-order valence-electron chi connectivity index (χ1n) is 4.56. The van der Waals surface area contributed by atoms with Gasteiger partial charge < -0.3 is 14.2 Å². The van der Waals surface area contributed by atoms with Crippen LogP contribution in [-0.4, -0.2) is 19.9 Å².